The average molecular weight is 400 g/mol. The van der Waals surface area contributed by atoms with Crippen LogP contribution in [0, 0.1) is 0 Å². The van der Waals surface area contributed by atoms with Crippen LogP contribution in [0.3, 0.4) is 0 Å². The average Bonchev–Trinajstić information content (AvgIpc) is 2.65. The van der Waals surface area contributed by atoms with Gasteiger partial charge in [-0.25, -0.2) is 0 Å². The van der Waals surface area contributed by atoms with Crippen molar-refractivity contribution in [3.05, 3.63) is 30.3 Å². The van der Waals surface area contributed by atoms with E-state index in [1.807, 2.05) is 30.3 Å². The lowest BCUT2D eigenvalue weighted by atomic mass is 10.3. The van der Waals surface area contributed by atoms with Crippen molar-refractivity contribution in [1.82, 2.24) is 4.90 Å². The van der Waals surface area contributed by atoms with Crippen LogP contribution in [0.2, 0.25) is 0 Å². The minimum absolute atomic E-state index is 0.0387. The first kappa shape index (κ1) is 23.2. The lowest BCUT2D eigenvalue weighted by molar-refractivity contribution is -0.195. The predicted octanol–water partition coefficient (Wildman–Crippen LogP) is 2.48. The zero-order valence-electron chi connectivity index (χ0n) is 16.5. The second-order valence-electron chi connectivity index (χ2n) is 5.81. The molecule has 0 saturated heterocycles. The molecule has 0 aliphatic carbocycles. The van der Waals surface area contributed by atoms with Gasteiger partial charge < -0.3 is 14.2 Å². The number of ether oxygens (including phenoxy) is 3. The highest BCUT2D eigenvalue weighted by Gasteiger charge is 2.17. The molecule has 0 spiro atoms. The van der Waals surface area contributed by atoms with E-state index >= 15 is 0 Å². The summed E-state index contributed by atoms with van der Waals surface area (Å²) in [7, 11) is 0.989. The molecule has 0 aliphatic rings. The Balaban J connectivity index is 2.24. The third-order valence-corrected chi connectivity index (χ3v) is 5.24. The molecule has 2 unspecified atom stereocenters. The Morgan fingerprint density at radius 1 is 1.23 bits per heavy atom. The maximum Gasteiger partial charge on any atom is 0.226 e. The quantitative estimate of drug-likeness (QED) is 0.272. The molecule has 0 radical (unpaired) electrons. The summed E-state index contributed by atoms with van der Waals surface area (Å²) >= 11 is 1.31. The number of carbonyl (C=O) groups excluding carboxylic acids is 1. The number of nitrogens with zero attached hydrogens (tertiary/aromatic N) is 1. The van der Waals surface area contributed by atoms with Crippen LogP contribution in [0.25, 0.3) is 0 Å². The summed E-state index contributed by atoms with van der Waals surface area (Å²) in [4.78, 5) is 14.2. The highest BCUT2D eigenvalue weighted by molar-refractivity contribution is 8.13. The number of thioether (sulfide) groups is 1. The zero-order valence-corrected chi connectivity index (χ0v) is 19.3. The normalized spacial score (nSPS) is 13.7. The third kappa shape index (κ3) is 9.73. The van der Waals surface area contributed by atoms with Crippen LogP contribution in [0.4, 0.5) is 0 Å². The number of rotatable bonds is 14. The summed E-state index contributed by atoms with van der Waals surface area (Å²) in [6.07, 6.45) is 2.27. The molecule has 1 rings (SSSR count). The van der Waals surface area contributed by atoms with Gasteiger partial charge in [0.15, 0.2) is 12.9 Å². The van der Waals surface area contributed by atoms with Crippen LogP contribution in [0.5, 0.6) is 5.75 Å². The Hall–Kier alpha value is -0.863. The fourth-order valence-electron chi connectivity index (χ4n) is 2.56. The van der Waals surface area contributed by atoms with Crippen molar-refractivity contribution in [2.45, 2.75) is 46.1 Å². The van der Waals surface area contributed by atoms with Crippen molar-refractivity contribution < 1.29 is 19.0 Å². The second kappa shape index (κ2) is 14.2. The molecule has 0 aromatic heterocycles. The van der Waals surface area contributed by atoms with E-state index in [1.54, 1.807) is 0 Å². The van der Waals surface area contributed by atoms with E-state index in [2.05, 4.69) is 25.7 Å². The Labute approximate surface area is 165 Å². The topological polar surface area (TPSA) is 48.0 Å². The Morgan fingerprint density at radius 3 is 2.54 bits per heavy atom. The van der Waals surface area contributed by atoms with Crippen molar-refractivity contribution >= 4 is 27.1 Å². The predicted molar refractivity (Wildman–Crippen MR) is 112 cm³/mol. The molecule has 1 aromatic carbocycles. The maximum atomic E-state index is 11.9. The Morgan fingerprint density at radius 2 is 1.92 bits per heavy atom. The van der Waals surface area contributed by atoms with Crippen molar-refractivity contribution in [2.24, 2.45) is 0 Å². The molecular weight excluding hydrogens is 366 g/mol. The molecular formula is C19H33NO4SSi. The summed E-state index contributed by atoms with van der Waals surface area (Å²) in [5.74, 6) is 1.47. The van der Waals surface area contributed by atoms with E-state index in [9.17, 15) is 4.79 Å². The largest absolute Gasteiger partial charge is 0.485 e. The molecule has 5 nitrogen and oxygen atoms in total. The Bertz CT molecular complexity index is 488. The van der Waals surface area contributed by atoms with Gasteiger partial charge in [0.1, 0.15) is 12.0 Å². The van der Waals surface area contributed by atoms with Gasteiger partial charge in [-0.05, 0) is 45.0 Å². The maximum absolute atomic E-state index is 11.9. The smallest absolute Gasteiger partial charge is 0.226 e. The summed E-state index contributed by atoms with van der Waals surface area (Å²) in [6, 6.07) is 9.40. The summed E-state index contributed by atoms with van der Waals surface area (Å²) in [5, 5.41) is 0.0478. The highest BCUT2D eigenvalue weighted by atomic mass is 32.2. The number of hydrogen-bond acceptors (Lipinski definition) is 6. The Kier molecular flexibility index (Phi) is 12.7. The highest BCUT2D eigenvalue weighted by Crippen LogP contribution is 2.15. The van der Waals surface area contributed by atoms with Gasteiger partial charge >= 0.3 is 0 Å². The first-order valence-corrected chi connectivity index (χ1v) is 11.8. The van der Waals surface area contributed by atoms with Crippen molar-refractivity contribution in [3.8, 4) is 5.75 Å². The van der Waals surface area contributed by atoms with Crippen molar-refractivity contribution in [2.75, 3.05) is 31.7 Å². The molecule has 0 bridgehead atoms. The first-order valence-electron chi connectivity index (χ1n) is 9.45. The van der Waals surface area contributed by atoms with Crippen LogP contribution in [0.15, 0.2) is 30.3 Å². The van der Waals surface area contributed by atoms with Crippen LogP contribution >= 0.6 is 11.8 Å². The SMILES string of the molecule is CCN(CC)C(C)OC(CCCSC(=O)COc1ccccc1)OC[SiH3]. The lowest BCUT2D eigenvalue weighted by Gasteiger charge is -2.30. The number of carbonyl (C=O) groups is 1. The number of para-hydroxylation sites is 1. The molecule has 148 valence electrons. The van der Waals surface area contributed by atoms with Gasteiger partial charge in [0.05, 0.1) is 0 Å². The molecule has 0 N–H and O–H groups in total. The number of hydrogen-bond donors (Lipinski definition) is 0. The molecule has 0 fully saturated rings. The van der Waals surface area contributed by atoms with Crippen LogP contribution < -0.4 is 4.74 Å². The first-order chi connectivity index (χ1) is 12.6. The minimum Gasteiger partial charge on any atom is -0.485 e. The van der Waals surface area contributed by atoms with Gasteiger partial charge in [0.25, 0.3) is 0 Å². The summed E-state index contributed by atoms with van der Waals surface area (Å²) in [6.45, 7) is 8.34. The standard InChI is InChI=1S/C19H33NO4SSi/c1-4-20(5-2)16(3)24-19(23-15-26)12-9-13-25-18(21)14-22-17-10-7-6-8-11-17/h6-8,10-11,16,19H,4-5,9,12-15H2,1-3,26H3. The van der Waals surface area contributed by atoms with E-state index in [1.165, 1.54) is 11.8 Å². The van der Waals surface area contributed by atoms with Crippen molar-refractivity contribution in [3.63, 3.8) is 0 Å². The van der Waals surface area contributed by atoms with Gasteiger partial charge in [-0.1, -0.05) is 43.8 Å². The number of benzene rings is 1. The molecule has 2 atom stereocenters. The van der Waals surface area contributed by atoms with Gasteiger partial charge in [-0.3, -0.25) is 9.69 Å². The van der Waals surface area contributed by atoms with E-state index in [0.29, 0.717) is 0 Å². The second-order valence-corrected chi connectivity index (χ2v) is 7.54. The molecule has 7 heteroatoms. The van der Waals surface area contributed by atoms with E-state index < -0.39 is 0 Å². The third-order valence-electron chi connectivity index (χ3n) is 3.97. The van der Waals surface area contributed by atoms with E-state index in [-0.39, 0.29) is 24.2 Å². The van der Waals surface area contributed by atoms with Gasteiger partial charge in [-0.15, -0.1) is 0 Å². The molecule has 0 heterocycles. The van der Waals surface area contributed by atoms with Crippen LogP contribution in [-0.4, -0.2) is 64.5 Å². The van der Waals surface area contributed by atoms with E-state index in [0.717, 1.165) is 53.9 Å². The fourth-order valence-corrected chi connectivity index (χ4v) is 3.61. The monoisotopic (exact) mass is 399 g/mol. The molecule has 0 aliphatic heterocycles. The summed E-state index contributed by atoms with van der Waals surface area (Å²) < 4.78 is 17.3. The molecule has 0 saturated carbocycles. The van der Waals surface area contributed by atoms with Crippen LogP contribution in [0.1, 0.15) is 33.6 Å². The van der Waals surface area contributed by atoms with Gasteiger partial charge in [0.2, 0.25) is 5.12 Å². The molecule has 1 aromatic rings. The van der Waals surface area contributed by atoms with Gasteiger partial charge in [0, 0.05) is 22.2 Å². The minimum atomic E-state index is -0.195. The fraction of sp³-hybridized carbons (Fsp3) is 0.632. The lowest BCUT2D eigenvalue weighted by Crippen LogP contribution is -2.38. The summed E-state index contributed by atoms with van der Waals surface area (Å²) in [5.41, 5.74) is 0. The molecule has 0 amide bonds. The van der Waals surface area contributed by atoms with Gasteiger partial charge in [-0.2, -0.15) is 0 Å². The van der Waals surface area contributed by atoms with Crippen molar-refractivity contribution in [1.29, 1.82) is 0 Å². The van der Waals surface area contributed by atoms with E-state index in [4.69, 9.17) is 14.2 Å². The molecule has 26 heavy (non-hydrogen) atoms. The zero-order chi connectivity index (χ0) is 19.2. The van der Waals surface area contributed by atoms with Crippen LogP contribution in [-0.2, 0) is 14.3 Å².